The van der Waals surface area contributed by atoms with Crippen LogP contribution in [0.2, 0.25) is 0 Å². The summed E-state index contributed by atoms with van der Waals surface area (Å²) in [5.74, 6) is -2.45. The van der Waals surface area contributed by atoms with Gasteiger partial charge in [-0.3, -0.25) is 19.7 Å². The molecule has 0 aliphatic heterocycles. The maximum absolute atomic E-state index is 13.2. The average Bonchev–Trinajstić information content (AvgIpc) is 3.00. The monoisotopic (exact) mass is 351 g/mol. The Morgan fingerprint density at radius 1 is 1.32 bits per heavy atom. The van der Waals surface area contributed by atoms with Crippen molar-refractivity contribution >= 4 is 23.2 Å². The third-order valence-corrected chi connectivity index (χ3v) is 3.15. The molecular weight excluding hydrogens is 337 g/mol. The van der Waals surface area contributed by atoms with Crippen molar-refractivity contribution in [3.05, 3.63) is 57.8 Å². The first kappa shape index (κ1) is 18.1. The average molecular weight is 351 g/mol. The fourth-order valence-electron chi connectivity index (χ4n) is 1.92. The molecule has 1 atom stereocenters. The van der Waals surface area contributed by atoms with E-state index in [9.17, 15) is 29.2 Å². The molecule has 1 unspecified atom stereocenters. The topological polar surface area (TPSA) is 135 Å². The second kappa shape index (κ2) is 7.53. The molecule has 9 nitrogen and oxygen atoms in total. The predicted molar refractivity (Wildman–Crippen MR) is 83.1 cm³/mol. The van der Waals surface area contributed by atoms with Crippen LogP contribution < -0.4 is 10.6 Å². The molecule has 132 valence electrons. The van der Waals surface area contributed by atoms with Gasteiger partial charge in [0.1, 0.15) is 17.6 Å². The molecule has 2 amide bonds. The Morgan fingerprint density at radius 3 is 2.64 bits per heavy atom. The van der Waals surface area contributed by atoms with Crippen molar-refractivity contribution in [1.29, 1.82) is 0 Å². The number of hydrogen-bond acceptors (Lipinski definition) is 6. The zero-order valence-corrected chi connectivity index (χ0v) is 13.0. The van der Waals surface area contributed by atoms with Crippen LogP contribution in [0, 0.1) is 22.9 Å². The van der Waals surface area contributed by atoms with Crippen LogP contribution in [0.4, 0.5) is 15.8 Å². The van der Waals surface area contributed by atoms with E-state index in [0.717, 1.165) is 18.2 Å². The number of aryl methyl sites for hydroxylation is 1. The summed E-state index contributed by atoms with van der Waals surface area (Å²) < 4.78 is 18.4. The van der Waals surface area contributed by atoms with E-state index in [4.69, 9.17) is 4.42 Å². The van der Waals surface area contributed by atoms with Crippen LogP contribution in [0.3, 0.4) is 0 Å². The standard InChI is InChI=1S/C15H14FN3O6/c1-8-2-5-13(25-8)12(20)7-17-14(21)15(22)18-9-3-4-10(16)11(6-9)19(23)24/h2-6,12,20H,7H2,1H3,(H,17,21)(H,18,22). The molecule has 3 N–H and O–H groups in total. The number of furan rings is 1. The van der Waals surface area contributed by atoms with Gasteiger partial charge in [-0.1, -0.05) is 0 Å². The van der Waals surface area contributed by atoms with Gasteiger partial charge in [-0.05, 0) is 31.2 Å². The number of nitrogens with zero attached hydrogens (tertiary/aromatic N) is 1. The van der Waals surface area contributed by atoms with Crippen molar-refractivity contribution in [3.8, 4) is 0 Å². The van der Waals surface area contributed by atoms with Crippen molar-refractivity contribution in [1.82, 2.24) is 5.32 Å². The number of carbonyl (C=O) groups is 2. The first-order valence-corrected chi connectivity index (χ1v) is 7.05. The summed E-state index contributed by atoms with van der Waals surface area (Å²) in [6.45, 7) is 1.41. The highest BCUT2D eigenvalue weighted by Crippen LogP contribution is 2.21. The molecule has 0 bridgehead atoms. The van der Waals surface area contributed by atoms with Gasteiger partial charge >= 0.3 is 17.5 Å². The summed E-state index contributed by atoms with van der Waals surface area (Å²) in [5, 5.41) is 24.8. The lowest BCUT2D eigenvalue weighted by molar-refractivity contribution is -0.387. The number of rotatable bonds is 5. The fourth-order valence-corrected chi connectivity index (χ4v) is 1.92. The van der Waals surface area contributed by atoms with Crippen LogP contribution in [0.15, 0.2) is 34.7 Å². The van der Waals surface area contributed by atoms with Crippen molar-refractivity contribution in [2.45, 2.75) is 13.0 Å². The number of anilines is 1. The molecule has 0 aliphatic rings. The Hall–Kier alpha value is -3.27. The Labute approximate surface area is 140 Å². The van der Waals surface area contributed by atoms with E-state index < -0.39 is 34.3 Å². The molecule has 1 aromatic heterocycles. The van der Waals surface area contributed by atoms with Gasteiger partial charge in [-0.15, -0.1) is 0 Å². The minimum absolute atomic E-state index is 0.115. The minimum atomic E-state index is -1.14. The van der Waals surface area contributed by atoms with Crippen LogP contribution in [0.1, 0.15) is 17.6 Å². The lowest BCUT2D eigenvalue weighted by Crippen LogP contribution is -2.37. The van der Waals surface area contributed by atoms with E-state index in [2.05, 4.69) is 10.6 Å². The number of amides is 2. The normalized spacial score (nSPS) is 11.6. The summed E-state index contributed by atoms with van der Waals surface area (Å²) >= 11 is 0. The summed E-state index contributed by atoms with van der Waals surface area (Å²) in [6, 6.07) is 5.84. The van der Waals surface area contributed by atoms with Gasteiger partial charge in [-0.25, -0.2) is 0 Å². The second-order valence-corrected chi connectivity index (χ2v) is 5.05. The zero-order valence-electron chi connectivity index (χ0n) is 13.0. The molecule has 0 aliphatic carbocycles. The molecule has 2 aromatic rings. The van der Waals surface area contributed by atoms with E-state index in [1.54, 1.807) is 13.0 Å². The van der Waals surface area contributed by atoms with E-state index in [1.807, 2.05) is 0 Å². The van der Waals surface area contributed by atoms with Crippen LogP contribution >= 0.6 is 0 Å². The molecule has 0 saturated carbocycles. The number of benzene rings is 1. The third-order valence-electron chi connectivity index (χ3n) is 3.15. The summed E-state index contributed by atoms with van der Waals surface area (Å²) in [7, 11) is 0. The number of nitro groups is 1. The molecule has 1 aromatic carbocycles. The van der Waals surface area contributed by atoms with Crippen LogP contribution in [0.25, 0.3) is 0 Å². The number of nitrogens with one attached hydrogen (secondary N) is 2. The van der Waals surface area contributed by atoms with E-state index in [-0.39, 0.29) is 18.0 Å². The molecule has 1 heterocycles. The molecular formula is C15H14FN3O6. The Balaban J connectivity index is 1.93. The summed E-state index contributed by atoms with van der Waals surface area (Å²) in [4.78, 5) is 33.1. The molecule has 10 heteroatoms. The first-order valence-electron chi connectivity index (χ1n) is 7.05. The lowest BCUT2D eigenvalue weighted by Gasteiger charge is -2.10. The second-order valence-electron chi connectivity index (χ2n) is 5.05. The maximum atomic E-state index is 13.2. The highest BCUT2D eigenvalue weighted by Gasteiger charge is 2.20. The highest BCUT2D eigenvalue weighted by atomic mass is 19.1. The highest BCUT2D eigenvalue weighted by molar-refractivity contribution is 6.39. The first-order chi connectivity index (χ1) is 11.8. The van der Waals surface area contributed by atoms with Crippen molar-refractivity contribution in [2.24, 2.45) is 0 Å². The van der Waals surface area contributed by atoms with Crippen LogP contribution in [0.5, 0.6) is 0 Å². The Bertz CT molecular complexity index is 819. The quantitative estimate of drug-likeness (QED) is 0.424. The van der Waals surface area contributed by atoms with Crippen molar-refractivity contribution in [3.63, 3.8) is 0 Å². The van der Waals surface area contributed by atoms with Gasteiger partial charge < -0.3 is 20.2 Å². The number of nitro benzene ring substituents is 1. The Kier molecular flexibility index (Phi) is 5.45. The van der Waals surface area contributed by atoms with E-state index in [0.29, 0.717) is 5.76 Å². The maximum Gasteiger partial charge on any atom is 0.313 e. The van der Waals surface area contributed by atoms with Gasteiger partial charge in [0.05, 0.1) is 11.5 Å². The molecule has 0 radical (unpaired) electrons. The SMILES string of the molecule is Cc1ccc(C(O)CNC(=O)C(=O)Nc2ccc(F)c([N+](=O)[O-])c2)o1. The van der Waals surface area contributed by atoms with Gasteiger partial charge in [0.25, 0.3) is 0 Å². The molecule has 25 heavy (non-hydrogen) atoms. The lowest BCUT2D eigenvalue weighted by atomic mass is 10.2. The van der Waals surface area contributed by atoms with Gasteiger partial charge in [0.2, 0.25) is 5.82 Å². The zero-order chi connectivity index (χ0) is 18.6. The summed E-state index contributed by atoms with van der Waals surface area (Å²) in [5.41, 5.74) is -0.947. The van der Waals surface area contributed by atoms with Crippen LogP contribution in [-0.2, 0) is 9.59 Å². The third kappa shape index (κ3) is 4.61. The van der Waals surface area contributed by atoms with Gasteiger partial charge in [0, 0.05) is 11.8 Å². The minimum Gasteiger partial charge on any atom is -0.464 e. The number of aliphatic hydroxyl groups excluding tert-OH is 1. The molecule has 0 spiro atoms. The fraction of sp³-hybridized carbons (Fsp3) is 0.200. The molecule has 2 rings (SSSR count). The van der Waals surface area contributed by atoms with Crippen molar-refractivity contribution < 1.29 is 28.4 Å². The van der Waals surface area contributed by atoms with Gasteiger partial charge in [-0.2, -0.15) is 4.39 Å². The number of carbonyl (C=O) groups excluding carboxylic acids is 2. The number of aliphatic hydroxyl groups is 1. The predicted octanol–water partition coefficient (Wildman–Crippen LogP) is 1.42. The van der Waals surface area contributed by atoms with Crippen molar-refractivity contribution in [2.75, 3.05) is 11.9 Å². The van der Waals surface area contributed by atoms with Crippen LogP contribution in [-0.4, -0.2) is 28.4 Å². The number of hydrogen-bond donors (Lipinski definition) is 3. The van der Waals surface area contributed by atoms with Gasteiger partial charge in [0.15, 0.2) is 0 Å². The van der Waals surface area contributed by atoms with E-state index >= 15 is 0 Å². The summed E-state index contributed by atoms with van der Waals surface area (Å²) in [6.07, 6.45) is -1.14. The van der Waals surface area contributed by atoms with E-state index in [1.165, 1.54) is 6.07 Å². The smallest absolute Gasteiger partial charge is 0.313 e. The largest absolute Gasteiger partial charge is 0.464 e. The molecule has 0 fully saturated rings. The molecule has 0 saturated heterocycles. The number of halogens is 1. The Morgan fingerprint density at radius 2 is 2.04 bits per heavy atom.